The summed E-state index contributed by atoms with van der Waals surface area (Å²) >= 11 is 18.3. The second-order valence-electron chi connectivity index (χ2n) is 4.33. The van der Waals surface area contributed by atoms with Gasteiger partial charge in [0.1, 0.15) is 5.60 Å². The average Bonchev–Trinajstić information content (AvgIpc) is 2.89. The van der Waals surface area contributed by atoms with Gasteiger partial charge in [-0.05, 0) is 18.8 Å². The summed E-state index contributed by atoms with van der Waals surface area (Å²) in [5.41, 5.74) is -0.471. The quantitative estimate of drug-likeness (QED) is 0.567. The molecule has 1 aliphatic heterocycles. The van der Waals surface area contributed by atoms with E-state index in [9.17, 15) is 5.11 Å². The molecule has 1 heterocycles. The zero-order chi connectivity index (χ0) is 12.6. The Hall–Kier alpha value is 1.20. The second kappa shape index (κ2) is 5.45. The van der Waals surface area contributed by atoms with Crippen molar-refractivity contribution < 1.29 is 9.84 Å². The molecule has 0 aliphatic carbocycles. The third-order valence-corrected chi connectivity index (χ3v) is 5.80. The first-order valence-corrected chi connectivity index (χ1v) is 7.47. The number of hydrogen-bond acceptors (Lipinski definition) is 2. The lowest BCUT2D eigenvalue weighted by Gasteiger charge is -2.25. The smallest absolute Gasteiger partial charge is 0.128 e. The van der Waals surface area contributed by atoms with Gasteiger partial charge < -0.3 is 9.84 Å². The van der Waals surface area contributed by atoms with Crippen LogP contribution >= 0.6 is 55.1 Å². The fraction of sp³-hybridized carbons (Fsp3) is 0.800. The molecule has 0 saturated carbocycles. The van der Waals surface area contributed by atoms with Crippen molar-refractivity contribution in [1.29, 1.82) is 0 Å². The number of alkyl halides is 2. The van der Waals surface area contributed by atoms with Crippen LogP contribution in [-0.2, 0) is 4.74 Å². The van der Waals surface area contributed by atoms with Crippen LogP contribution in [0.5, 0.6) is 0 Å². The first kappa shape index (κ1) is 15.3. The van der Waals surface area contributed by atoms with Gasteiger partial charge in [-0.3, -0.25) is 0 Å². The monoisotopic (exact) mass is 394 g/mol. The van der Waals surface area contributed by atoms with E-state index in [4.69, 9.17) is 27.9 Å². The molecule has 1 rings (SSSR count). The highest BCUT2D eigenvalue weighted by Crippen LogP contribution is 2.48. The van der Waals surface area contributed by atoms with E-state index in [2.05, 4.69) is 31.9 Å². The van der Waals surface area contributed by atoms with Gasteiger partial charge in [-0.1, -0.05) is 43.5 Å². The predicted molar refractivity (Wildman–Crippen MR) is 74.8 cm³/mol. The van der Waals surface area contributed by atoms with Crippen LogP contribution in [0.1, 0.15) is 20.3 Å². The molecule has 0 unspecified atom stereocenters. The van der Waals surface area contributed by atoms with Gasteiger partial charge in [0.15, 0.2) is 0 Å². The van der Waals surface area contributed by atoms with E-state index >= 15 is 0 Å². The lowest BCUT2D eigenvalue weighted by Crippen LogP contribution is -2.36. The summed E-state index contributed by atoms with van der Waals surface area (Å²) < 4.78 is 5.02. The molecule has 0 spiro atoms. The van der Waals surface area contributed by atoms with Crippen LogP contribution < -0.4 is 0 Å². The molecule has 0 amide bonds. The van der Waals surface area contributed by atoms with Gasteiger partial charge in [0.05, 0.1) is 21.6 Å². The van der Waals surface area contributed by atoms with Crippen LogP contribution in [0.2, 0.25) is 0 Å². The lowest BCUT2D eigenvalue weighted by atomic mass is 9.97. The Labute approximate surface area is 123 Å². The van der Waals surface area contributed by atoms with E-state index in [0.29, 0.717) is 17.3 Å². The maximum absolute atomic E-state index is 9.99. The summed E-state index contributed by atoms with van der Waals surface area (Å²) in [5.74, 6) is 0.333. The predicted octanol–water partition coefficient (Wildman–Crippen LogP) is 3.76. The minimum atomic E-state index is -0.573. The molecule has 1 fully saturated rings. The van der Waals surface area contributed by atoms with Gasteiger partial charge in [0.25, 0.3) is 0 Å². The number of hydrogen-bond donors (Lipinski definition) is 1. The van der Waals surface area contributed by atoms with Crippen LogP contribution in [0, 0.1) is 0 Å². The topological polar surface area (TPSA) is 32.8 Å². The molecule has 16 heavy (non-hydrogen) atoms. The highest BCUT2D eigenvalue weighted by Gasteiger charge is 2.56. The number of halogens is 4. The zero-order valence-corrected chi connectivity index (χ0v) is 13.7. The number of aliphatic hydroxyl groups excluding tert-OH is 1. The molecule has 0 aromatic rings. The molecule has 94 valence electrons. The van der Waals surface area contributed by atoms with E-state index in [1.165, 1.54) is 0 Å². The Morgan fingerprint density at radius 2 is 2.31 bits per heavy atom. The van der Waals surface area contributed by atoms with Crippen molar-refractivity contribution in [3.05, 3.63) is 10.0 Å². The molecule has 0 aromatic carbocycles. The standard InChI is InChI=1S/C10H14Br2Cl2O2/c1-9(12,5-13)7(15)3-8-10(2,16-8)6(14)4-11/h4,7-8,15H,3,5H2,1-2H3/b6-4-/t7-,8+,9+,10+/m1/s1. The number of epoxide rings is 1. The molecule has 4 atom stereocenters. The van der Waals surface area contributed by atoms with Crippen molar-refractivity contribution in [2.75, 3.05) is 5.88 Å². The third kappa shape index (κ3) is 3.15. The fourth-order valence-corrected chi connectivity index (χ4v) is 2.38. The van der Waals surface area contributed by atoms with Gasteiger partial charge in [0.2, 0.25) is 0 Å². The van der Waals surface area contributed by atoms with Gasteiger partial charge in [0, 0.05) is 12.3 Å². The van der Waals surface area contributed by atoms with Crippen molar-refractivity contribution in [3.8, 4) is 0 Å². The van der Waals surface area contributed by atoms with Crippen molar-refractivity contribution >= 4 is 55.1 Å². The Balaban J connectivity index is 2.54. The van der Waals surface area contributed by atoms with Crippen LogP contribution in [0.3, 0.4) is 0 Å². The highest BCUT2D eigenvalue weighted by atomic mass is 79.9. The van der Waals surface area contributed by atoms with Crippen molar-refractivity contribution in [3.63, 3.8) is 0 Å². The molecule has 0 bridgehead atoms. The largest absolute Gasteiger partial charge is 0.392 e. The second-order valence-corrected chi connectivity index (χ2v) is 7.28. The van der Waals surface area contributed by atoms with E-state index in [1.54, 1.807) is 4.99 Å². The SMILES string of the molecule is C[C@](Br)(CCl)[C@H](O)C[C@@H]1O[C@@]1(C)/C(Cl)=C/Br. The highest BCUT2D eigenvalue weighted by molar-refractivity contribution is 9.11. The molecule has 6 heteroatoms. The van der Waals surface area contributed by atoms with Gasteiger partial charge in [-0.25, -0.2) is 0 Å². The fourth-order valence-electron chi connectivity index (χ4n) is 1.39. The first-order chi connectivity index (χ1) is 7.28. The maximum atomic E-state index is 9.99. The molecular weight excluding hydrogens is 383 g/mol. The lowest BCUT2D eigenvalue weighted by molar-refractivity contribution is 0.126. The zero-order valence-electron chi connectivity index (χ0n) is 9.01. The van der Waals surface area contributed by atoms with Crippen LogP contribution in [0.15, 0.2) is 10.0 Å². The first-order valence-electron chi connectivity index (χ1n) is 4.85. The summed E-state index contributed by atoms with van der Waals surface area (Å²) in [6.07, 6.45) is -0.136. The van der Waals surface area contributed by atoms with Gasteiger partial charge in [-0.15, -0.1) is 11.6 Å². The molecule has 1 aliphatic rings. The molecule has 0 radical (unpaired) electrons. The van der Waals surface area contributed by atoms with Gasteiger partial charge in [-0.2, -0.15) is 0 Å². The summed E-state index contributed by atoms with van der Waals surface area (Å²) in [6, 6.07) is 0. The van der Waals surface area contributed by atoms with E-state index in [1.807, 2.05) is 13.8 Å². The molecule has 1 saturated heterocycles. The Morgan fingerprint density at radius 3 is 2.75 bits per heavy atom. The van der Waals surface area contributed by atoms with E-state index in [-0.39, 0.29) is 6.10 Å². The maximum Gasteiger partial charge on any atom is 0.128 e. The number of ether oxygens (including phenoxy) is 1. The molecule has 0 aromatic heterocycles. The summed E-state index contributed by atoms with van der Waals surface area (Å²) in [4.78, 5) is 1.63. The van der Waals surface area contributed by atoms with Gasteiger partial charge >= 0.3 is 0 Å². The average molecular weight is 397 g/mol. The van der Waals surface area contributed by atoms with Crippen molar-refractivity contribution in [2.24, 2.45) is 0 Å². The molecule has 1 N–H and O–H groups in total. The minimum Gasteiger partial charge on any atom is -0.392 e. The Bertz CT molecular complexity index is 297. The van der Waals surface area contributed by atoms with E-state index < -0.39 is 16.0 Å². The van der Waals surface area contributed by atoms with E-state index in [0.717, 1.165) is 0 Å². The van der Waals surface area contributed by atoms with Crippen LogP contribution in [0.4, 0.5) is 0 Å². The van der Waals surface area contributed by atoms with Crippen molar-refractivity contribution in [1.82, 2.24) is 0 Å². The summed E-state index contributed by atoms with van der Waals surface area (Å²) in [5, 5.41) is 10.6. The Kier molecular flexibility index (Phi) is 5.20. The van der Waals surface area contributed by atoms with Crippen molar-refractivity contribution in [2.45, 2.75) is 42.4 Å². The summed E-state index contributed by atoms with van der Waals surface area (Å²) in [7, 11) is 0. The van der Waals surface area contributed by atoms with Crippen LogP contribution in [-0.4, -0.2) is 33.1 Å². The minimum absolute atomic E-state index is 0.0658. The summed E-state index contributed by atoms with van der Waals surface area (Å²) in [6.45, 7) is 3.75. The Morgan fingerprint density at radius 1 is 1.75 bits per heavy atom. The number of rotatable bonds is 5. The normalized spacial score (nSPS) is 35.7. The van der Waals surface area contributed by atoms with Crippen LogP contribution in [0.25, 0.3) is 0 Å². The molecule has 2 nitrogen and oxygen atoms in total. The third-order valence-electron chi connectivity index (χ3n) is 2.91. The molecular formula is C10H14Br2Cl2O2. The number of aliphatic hydroxyl groups is 1.